The van der Waals surface area contributed by atoms with Gasteiger partial charge in [0.25, 0.3) is 0 Å². The van der Waals surface area contributed by atoms with Crippen molar-refractivity contribution in [1.29, 1.82) is 0 Å². The Morgan fingerprint density at radius 1 is 0.750 bits per heavy atom. The van der Waals surface area contributed by atoms with Crippen molar-refractivity contribution in [2.45, 2.75) is 25.7 Å². The van der Waals surface area contributed by atoms with E-state index in [1.807, 2.05) is 0 Å². The standard InChI is InChI=1S/C8H12/c1-2-6-4-7-3-5(1)8(6)7/h5-8H,1-4H2/t5-,6?,7?,8?/m1/s1. The molecule has 44 valence electrons. The molecule has 0 nitrogen and oxygen atoms in total. The second-order valence-electron chi connectivity index (χ2n) is 3.91. The van der Waals surface area contributed by atoms with Crippen LogP contribution in [0.5, 0.6) is 0 Å². The van der Waals surface area contributed by atoms with Crippen LogP contribution < -0.4 is 0 Å². The van der Waals surface area contributed by atoms with Crippen LogP contribution in [0.2, 0.25) is 0 Å². The van der Waals surface area contributed by atoms with Gasteiger partial charge in [-0.2, -0.15) is 0 Å². The van der Waals surface area contributed by atoms with Crippen LogP contribution in [0.3, 0.4) is 0 Å². The van der Waals surface area contributed by atoms with E-state index in [0.29, 0.717) is 0 Å². The summed E-state index contributed by atoms with van der Waals surface area (Å²) in [6.07, 6.45) is 6.40. The van der Waals surface area contributed by atoms with E-state index in [9.17, 15) is 0 Å². The molecule has 0 aromatic carbocycles. The van der Waals surface area contributed by atoms with Gasteiger partial charge in [0.15, 0.2) is 0 Å². The fraction of sp³-hybridized carbons (Fsp3) is 1.00. The highest BCUT2D eigenvalue weighted by atomic mass is 14.6. The number of rotatable bonds is 0. The summed E-state index contributed by atoms with van der Waals surface area (Å²) in [4.78, 5) is 0. The van der Waals surface area contributed by atoms with Crippen LogP contribution in [0.1, 0.15) is 25.7 Å². The molecule has 3 fully saturated rings. The average molecular weight is 108 g/mol. The van der Waals surface area contributed by atoms with E-state index in [-0.39, 0.29) is 0 Å². The van der Waals surface area contributed by atoms with E-state index in [0.717, 1.165) is 0 Å². The Labute approximate surface area is 50.3 Å². The molecule has 0 aromatic rings. The van der Waals surface area contributed by atoms with Crippen molar-refractivity contribution >= 4 is 0 Å². The summed E-state index contributed by atoms with van der Waals surface area (Å²) in [5, 5.41) is 0. The lowest BCUT2D eigenvalue weighted by Gasteiger charge is -2.53. The minimum atomic E-state index is 1.22. The molecular formula is C8H12. The monoisotopic (exact) mass is 108 g/mol. The molecule has 0 amide bonds. The van der Waals surface area contributed by atoms with Gasteiger partial charge >= 0.3 is 0 Å². The third-order valence-corrected chi connectivity index (χ3v) is 3.75. The lowest BCUT2D eigenvalue weighted by molar-refractivity contribution is -0.0395. The Morgan fingerprint density at radius 3 is 1.75 bits per heavy atom. The number of hydrogen-bond acceptors (Lipinski definition) is 0. The molecule has 0 spiro atoms. The molecule has 0 heterocycles. The van der Waals surface area contributed by atoms with Crippen LogP contribution in [0.4, 0.5) is 0 Å². The smallest absolute Gasteiger partial charge is 0.0329 e. The fourth-order valence-corrected chi connectivity index (χ4v) is 3.31. The van der Waals surface area contributed by atoms with Crippen LogP contribution in [-0.2, 0) is 0 Å². The van der Waals surface area contributed by atoms with Crippen LogP contribution in [0.15, 0.2) is 0 Å². The summed E-state index contributed by atoms with van der Waals surface area (Å²) in [6.45, 7) is 0. The summed E-state index contributed by atoms with van der Waals surface area (Å²) in [5.41, 5.74) is 0. The van der Waals surface area contributed by atoms with E-state index in [2.05, 4.69) is 0 Å². The maximum Gasteiger partial charge on any atom is -0.0329 e. The molecule has 8 heavy (non-hydrogen) atoms. The quantitative estimate of drug-likeness (QED) is 0.445. The predicted octanol–water partition coefficient (Wildman–Crippen LogP) is 2.05. The van der Waals surface area contributed by atoms with Gasteiger partial charge in [0.2, 0.25) is 0 Å². The van der Waals surface area contributed by atoms with Gasteiger partial charge in [-0.3, -0.25) is 0 Å². The molecule has 0 aliphatic heterocycles. The Kier molecular flexibility index (Phi) is 0.482. The molecular weight excluding hydrogens is 96.1 g/mol. The highest BCUT2D eigenvalue weighted by Crippen LogP contribution is 2.65. The first-order valence-electron chi connectivity index (χ1n) is 3.95. The van der Waals surface area contributed by atoms with Crippen molar-refractivity contribution in [2.24, 2.45) is 23.7 Å². The zero-order valence-electron chi connectivity index (χ0n) is 5.14. The van der Waals surface area contributed by atoms with Gasteiger partial charge in [-0.15, -0.1) is 0 Å². The molecule has 0 radical (unpaired) electrons. The van der Waals surface area contributed by atoms with Crippen molar-refractivity contribution in [3.63, 3.8) is 0 Å². The zero-order chi connectivity index (χ0) is 5.14. The van der Waals surface area contributed by atoms with Gasteiger partial charge in [0.05, 0.1) is 0 Å². The maximum atomic E-state index is 1.61. The first-order valence-corrected chi connectivity index (χ1v) is 3.95. The van der Waals surface area contributed by atoms with Crippen molar-refractivity contribution in [3.05, 3.63) is 0 Å². The fourth-order valence-electron chi connectivity index (χ4n) is 3.31. The Morgan fingerprint density at radius 2 is 1.38 bits per heavy atom. The van der Waals surface area contributed by atoms with Crippen LogP contribution in [-0.4, -0.2) is 0 Å². The largest absolute Gasteiger partial charge is 0.0499 e. The summed E-state index contributed by atoms with van der Waals surface area (Å²) >= 11 is 0. The molecule has 3 saturated carbocycles. The molecule has 0 N–H and O–H groups in total. The molecule has 0 bridgehead atoms. The highest BCUT2D eigenvalue weighted by molar-refractivity contribution is 5.06. The minimum absolute atomic E-state index is 1.22. The van der Waals surface area contributed by atoms with E-state index >= 15 is 0 Å². The maximum absolute atomic E-state index is 1.61. The second kappa shape index (κ2) is 0.984. The summed E-state index contributed by atoms with van der Waals surface area (Å²) in [7, 11) is 0. The lowest BCUT2D eigenvalue weighted by Crippen LogP contribution is -2.45. The van der Waals surface area contributed by atoms with E-state index in [1.165, 1.54) is 23.7 Å². The van der Waals surface area contributed by atoms with Gasteiger partial charge in [0.1, 0.15) is 0 Å². The number of hydrogen-bond donors (Lipinski definition) is 0. The van der Waals surface area contributed by atoms with E-state index < -0.39 is 0 Å². The lowest BCUT2D eigenvalue weighted by atomic mass is 9.52. The second-order valence-corrected chi connectivity index (χ2v) is 3.91. The van der Waals surface area contributed by atoms with Gasteiger partial charge in [-0.25, -0.2) is 0 Å². The molecule has 3 aliphatic carbocycles. The van der Waals surface area contributed by atoms with Crippen molar-refractivity contribution in [3.8, 4) is 0 Å². The van der Waals surface area contributed by atoms with Gasteiger partial charge < -0.3 is 0 Å². The van der Waals surface area contributed by atoms with E-state index in [4.69, 9.17) is 0 Å². The van der Waals surface area contributed by atoms with Gasteiger partial charge in [-0.1, -0.05) is 0 Å². The molecule has 0 heteroatoms. The average Bonchev–Trinajstić information content (AvgIpc) is 2.02. The summed E-state index contributed by atoms with van der Waals surface area (Å²) in [6, 6.07) is 0. The molecule has 4 atom stereocenters. The molecule has 3 rings (SSSR count). The van der Waals surface area contributed by atoms with Crippen molar-refractivity contribution in [2.75, 3.05) is 0 Å². The molecule has 3 aliphatic rings. The summed E-state index contributed by atoms with van der Waals surface area (Å²) in [5.74, 6) is 4.93. The van der Waals surface area contributed by atoms with Crippen LogP contribution >= 0.6 is 0 Å². The van der Waals surface area contributed by atoms with Gasteiger partial charge in [-0.05, 0) is 49.4 Å². The Hall–Kier alpha value is 0. The molecule has 3 unspecified atom stereocenters. The molecule has 0 saturated heterocycles. The molecule has 0 aromatic heterocycles. The third-order valence-electron chi connectivity index (χ3n) is 3.75. The van der Waals surface area contributed by atoms with Gasteiger partial charge in [0, 0.05) is 0 Å². The van der Waals surface area contributed by atoms with Crippen molar-refractivity contribution in [1.82, 2.24) is 0 Å². The first-order chi connectivity index (χ1) is 3.95. The topological polar surface area (TPSA) is 0 Å². The Bertz CT molecular complexity index is 110. The van der Waals surface area contributed by atoms with E-state index in [1.54, 1.807) is 25.7 Å². The van der Waals surface area contributed by atoms with Crippen LogP contribution in [0.25, 0.3) is 0 Å². The SMILES string of the molecule is C1C[C@@H]2CC3CC1C32. The first kappa shape index (κ1) is 3.92. The Balaban J connectivity index is 1.96. The third kappa shape index (κ3) is 0.240. The minimum Gasteiger partial charge on any atom is -0.0499 e. The summed E-state index contributed by atoms with van der Waals surface area (Å²) < 4.78 is 0. The van der Waals surface area contributed by atoms with Crippen molar-refractivity contribution < 1.29 is 0 Å². The zero-order valence-corrected chi connectivity index (χ0v) is 5.14. The predicted molar refractivity (Wildman–Crippen MR) is 32.4 cm³/mol. The van der Waals surface area contributed by atoms with Crippen LogP contribution in [0, 0.1) is 23.7 Å². The normalized spacial score (nSPS) is 66.0. The highest BCUT2D eigenvalue weighted by Gasteiger charge is 2.56.